The first kappa shape index (κ1) is 24.6. The van der Waals surface area contributed by atoms with Crippen molar-refractivity contribution < 1.29 is 22.7 Å². The molecule has 0 aromatic heterocycles. The van der Waals surface area contributed by atoms with Crippen molar-refractivity contribution in [3.8, 4) is 11.5 Å². The van der Waals surface area contributed by atoms with Crippen LogP contribution in [0.1, 0.15) is 15.9 Å². The molecule has 0 spiro atoms. The Labute approximate surface area is 206 Å². The van der Waals surface area contributed by atoms with E-state index in [0.29, 0.717) is 30.9 Å². The Balaban J connectivity index is 1.36. The van der Waals surface area contributed by atoms with Crippen molar-refractivity contribution in [2.24, 2.45) is 0 Å². The molecule has 9 heteroatoms. The lowest BCUT2D eigenvalue weighted by atomic mass is 10.1. The van der Waals surface area contributed by atoms with Crippen LogP contribution in [0.3, 0.4) is 0 Å². The fraction of sp³-hybridized carbons (Fsp3) is 0.269. The average Bonchev–Trinajstić information content (AvgIpc) is 2.89. The summed E-state index contributed by atoms with van der Waals surface area (Å²) in [6.45, 7) is 3.31. The monoisotopic (exact) mass is 495 g/mol. The number of nitrogens with one attached hydrogen (secondary N) is 1. The molecular weight excluding hydrogens is 466 g/mol. The van der Waals surface area contributed by atoms with Gasteiger partial charge in [0.2, 0.25) is 0 Å². The normalized spacial score (nSPS) is 14.4. The zero-order chi connectivity index (χ0) is 24.8. The van der Waals surface area contributed by atoms with Gasteiger partial charge in [-0.15, -0.1) is 0 Å². The number of hydrogen-bond acceptors (Lipinski definition) is 6. The molecule has 3 aromatic rings. The number of sulfonamides is 1. The Morgan fingerprint density at radius 2 is 1.57 bits per heavy atom. The van der Waals surface area contributed by atoms with E-state index >= 15 is 0 Å². The van der Waals surface area contributed by atoms with Gasteiger partial charge in [0, 0.05) is 49.5 Å². The zero-order valence-electron chi connectivity index (χ0n) is 19.8. The summed E-state index contributed by atoms with van der Waals surface area (Å²) in [6, 6.07) is 20.5. The van der Waals surface area contributed by atoms with Gasteiger partial charge in [0.15, 0.2) is 0 Å². The molecule has 1 heterocycles. The summed E-state index contributed by atoms with van der Waals surface area (Å²) < 4.78 is 38.6. The van der Waals surface area contributed by atoms with Crippen molar-refractivity contribution >= 4 is 21.6 Å². The van der Waals surface area contributed by atoms with Gasteiger partial charge in [-0.25, -0.2) is 8.42 Å². The van der Waals surface area contributed by atoms with E-state index in [2.05, 4.69) is 9.62 Å². The van der Waals surface area contributed by atoms with Gasteiger partial charge in [-0.2, -0.15) is 0 Å². The average molecular weight is 496 g/mol. The highest BCUT2D eigenvalue weighted by atomic mass is 32.2. The van der Waals surface area contributed by atoms with E-state index in [1.165, 1.54) is 12.1 Å². The fourth-order valence-corrected chi connectivity index (χ4v) is 5.09. The topological polar surface area (TPSA) is 88.2 Å². The maximum Gasteiger partial charge on any atom is 0.261 e. The molecule has 0 radical (unpaired) electrons. The van der Waals surface area contributed by atoms with Crippen LogP contribution in [0.15, 0.2) is 77.7 Å². The second-order valence-electron chi connectivity index (χ2n) is 8.24. The summed E-state index contributed by atoms with van der Waals surface area (Å²) in [6.07, 6.45) is 0. The number of nitrogens with zero attached hydrogens (tertiary/aromatic N) is 2. The van der Waals surface area contributed by atoms with Gasteiger partial charge in [-0.3, -0.25) is 14.4 Å². The minimum atomic E-state index is -3.73. The van der Waals surface area contributed by atoms with Crippen molar-refractivity contribution in [3.63, 3.8) is 0 Å². The summed E-state index contributed by atoms with van der Waals surface area (Å²) in [5.41, 5.74) is 1.98. The van der Waals surface area contributed by atoms with E-state index in [4.69, 9.17) is 9.47 Å². The van der Waals surface area contributed by atoms with Crippen molar-refractivity contribution in [2.75, 3.05) is 45.1 Å². The lowest BCUT2D eigenvalue weighted by Crippen LogP contribution is -2.48. The molecule has 3 aromatic carbocycles. The largest absolute Gasteiger partial charge is 0.497 e. The highest BCUT2D eigenvalue weighted by molar-refractivity contribution is 7.92. The first-order chi connectivity index (χ1) is 16.9. The van der Waals surface area contributed by atoms with Crippen LogP contribution in [0.2, 0.25) is 0 Å². The molecule has 1 saturated heterocycles. The lowest BCUT2D eigenvalue weighted by Gasteiger charge is -2.35. The van der Waals surface area contributed by atoms with Gasteiger partial charge in [0.25, 0.3) is 15.9 Å². The molecule has 0 aliphatic carbocycles. The SMILES string of the molecule is COc1ccc(OC)c(CN2CCN(C(=O)c3ccc(S(=O)(=O)Nc4ccccc4)cc3)CC2)c1. The Kier molecular flexibility index (Phi) is 7.57. The Morgan fingerprint density at radius 1 is 0.886 bits per heavy atom. The molecule has 1 N–H and O–H groups in total. The number of carbonyl (C=O) groups is 1. The van der Waals surface area contributed by atoms with Crippen molar-refractivity contribution in [3.05, 3.63) is 83.9 Å². The molecule has 0 bridgehead atoms. The van der Waals surface area contributed by atoms with E-state index in [0.717, 1.165) is 30.2 Å². The fourth-order valence-electron chi connectivity index (χ4n) is 4.03. The van der Waals surface area contributed by atoms with Crippen molar-refractivity contribution in [1.82, 2.24) is 9.80 Å². The predicted molar refractivity (Wildman–Crippen MR) is 134 cm³/mol. The number of carbonyl (C=O) groups excluding carboxylic acids is 1. The third kappa shape index (κ3) is 5.93. The van der Waals surface area contributed by atoms with Crippen LogP contribution < -0.4 is 14.2 Å². The molecule has 8 nitrogen and oxygen atoms in total. The highest BCUT2D eigenvalue weighted by Crippen LogP contribution is 2.26. The Hall–Kier alpha value is -3.56. The van der Waals surface area contributed by atoms with Gasteiger partial charge in [0.05, 0.1) is 19.1 Å². The third-order valence-corrected chi connectivity index (χ3v) is 7.38. The van der Waals surface area contributed by atoms with Gasteiger partial charge in [-0.05, 0) is 54.6 Å². The van der Waals surface area contributed by atoms with E-state index in [1.807, 2.05) is 24.3 Å². The Bertz CT molecular complexity index is 1260. The van der Waals surface area contributed by atoms with Crippen LogP contribution in [-0.4, -0.2) is 64.5 Å². The van der Waals surface area contributed by atoms with E-state index in [-0.39, 0.29) is 10.8 Å². The second-order valence-corrected chi connectivity index (χ2v) is 9.92. The number of anilines is 1. The highest BCUT2D eigenvalue weighted by Gasteiger charge is 2.24. The van der Waals surface area contributed by atoms with Gasteiger partial charge in [0.1, 0.15) is 11.5 Å². The number of hydrogen-bond donors (Lipinski definition) is 1. The molecule has 1 aliphatic rings. The van der Waals surface area contributed by atoms with Crippen LogP contribution in [0.4, 0.5) is 5.69 Å². The number of methoxy groups -OCH3 is 2. The first-order valence-corrected chi connectivity index (χ1v) is 12.8. The molecule has 1 aliphatic heterocycles. The van der Waals surface area contributed by atoms with Crippen LogP contribution >= 0.6 is 0 Å². The maximum absolute atomic E-state index is 13.0. The summed E-state index contributed by atoms with van der Waals surface area (Å²) >= 11 is 0. The summed E-state index contributed by atoms with van der Waals surface area (Å²) in [4.78, 5) is 17.2. The molecule has 4 rings (SSSR count). The number of amides is 1. The third-order valence-electron chi connectivity index (χ3n) is 5.98. The standard InChI is InChI=1S/C26H29N3O5S/c1-33-23-10-13-25(34-2)21(18-23)19-28-14-16-29(17-15-28)26(30)20-8-11-24(12-9-20)35(31,32)27-22-6-4-3-5-7-22/h3-13,18,27H,14-17,19H2,1-2H3. The number of piperazine rings is 1. The molecular formula is C26H29N3O5S. The first-order valence-electron chi connectivity index (χ1n) is 11.3. The zero-order valence-corrected chi connectivity index (χ0v) is 20.6. The molecule has 1 amide bonds. The molecule has 0 atom stereocenters. The van der Waals surface area contributed by atoms with E-state index in [9.17, 15) is 13.2 Å². The van der Waals surface area contributed by atoms with Gasteiger partial charge >= 0.3 is 0 Å². The number of ether oxygens (including phenoxy) is 2. The number of benzene rings is 3. The van der Waals surface area contributed by atoms with Crippen LogP contribution in [0, 0.1) is 0 Å². The maximum atomic E-state index is 13.0. The predicted octanol–water partition coefficient (Wildman–Crippen LogP) is 3.46. The van der Waals surface area contributed by atoms with Crippen LogP contribution in [-0.2, 0) is 16.6 Å². The van der Waals surface area contributed by atoms with Gasteiger partial charge < -0.3 is 14.4 Å². The molecule has 0 unspecified atom stereocenters. The summed E-state index contributed by atoms with van der Waals surface area (Å²) in [5.74, 6) is 1.48. The minimum Gasteiger partial charge on any atom is -0.497 e. The lowest BCUT2D eigenvalue weighted by molar-refractivity contribution is 0.0627. The van der Waals surface area contributed by atoms with E-state index < -0.39 is 10.0 Å². The number of para-hydroxylation sites is 1. The van der Waals surface area contributed by atoms with Crippen LogP contribution in [0.5, 0.6) is 11.5 Å². The number of rotatable bonds is 8. The Morgan fingerprint density at radius 3 is 2.20 bits per heavy atom. The molecule has 0 saturated carbocycles. The van der Waals surface area contributed by atoms with Crippen LogP contribution in [0.25, 0.3) is 0 Å². The molecule has 184 valence electrons. The summed E-state index contributed by atoms with van der Waals surface area (Å²) in [7, 11) is -0.444. The minimum absolute atomic E-state index is 0.106. The van der Waals surface area contributed by atoms with Crippen molar-refractivity contribution in [2.45, 2.75) is 11.4 Å². The summed E-state index contributed by atoms with van der Waals surface area (Å²) in [5, 5.41) is 0. The van der Waals surface area contributed by atoms with Crippen molar-refractivity contribution in [1.29, 1.82) is 0 Å². The smallest absolute Gasteiger partial charge is 0.261 e. The molecule has 35 heavy (non-hydrogen) atoms. The van der Waals surface area contributed by atoms with E-state index in [1.54, 1.807) is 55.5 Å². The van der Waals surface area contributed by atoms with Gasteiger partial charge in [-0.1, -0.05) is 18.2 Å². The molecule has 1 fully saturated rings. The second kappa shape index (κ2) is 10.8. The quantitative estimate of drug-likeness (QED) is 0.515.